The molecule has 98 valence electrons. The third-order valence-corrected chi connectivity index (χ3v) is 2.73. The van der Waals surface area contributed by atoms with Crippen molar-refractivity contribution in [1.82, 2.24) is 19.7 Å². The Hall–Kier alpha value is -2.41. The summed E-state index contributed by atoms with van der Waals surface area (Å²) in [5, 5.41) is 3.90. The molecule has 0 unspecified atom stereocenters. The van der Waals surface area contributed by atoms with Gasteiger partial charge in [0.2, 0.25) is 5.82 Å². The SMILES string of the molecule is Cc1ccoc1-c1noc(-c2cn(CCN)cn2)n1. The van der Waals surface area contributed by atoms with Gasteiger partial charge in [0.25, 0.3) is 5.89 Å². The van der Waals surface area contributed by atoms with Gasteiger partial charge in [-0.1, -0.05) is 5.16 Å². The summed E-state index contributed by atoms with van der Waals surface area (Å²) in [5.74, 6) is 1.39. The topological polar surface area (TPSA) is 95.9 Å². The van der Waals surface area contributed by atoms with Crippen molar-refractivity contribution in [3.05, 3.63) is 30.4 Å². The van der Waals surface area contributed by atoms with Crippen LogP contribution in [0.3, 0.4) is 0 Å². The monoisotopic (exact) mass is 259 g/mol. The third kappa shape index (κ3) is 2.15. The molecule has 0 radical (unpaired) electrons. The van der Waals surface area contributed by atoms with Crippen LogP contribution in [0.1, 0.15) is 5.56 Å². The zero-order valence-electron chi connectivity index (χ0n) is 10.4. The molecule has 0 aliphatic carbocycles. The van der Waals surface area contributed by atoms with Gasteiger partial charge in [0.1, 0.15) is 5.69 Å². The van der Waals surface area contributed by atoms with Crippen LogP contribution in [-0.2, 0) is 6.54 Å². The molecule has 3 rings (SSSR count). The van der Waals surface area contributed by atoms with Gasteiger partial charge < -0.3 is 19.2 Å². The molecular weight excluding hydrogens is 246 g/mol. The predicted molar refractivity (Wildman–Crippen MR) is 67.0 cm³/mol. The van der Waals surface area contributed by atoms with Crippen molar-refractivity contribution in [2.75, 3.05) is 6.54 Å². The zero-order chi connectivity index (χ0) is 13.2. The van der Waals surface area contributed by atoms with Gasteiger partial charge in [-0.05, 0) is 18.6 Å². The fourth-order valence-corrected chi connectivity index (χ4v) is 1.76. The molecule has 0 amide bonds. The van der Waals surface area contributed by atoms with Gasteiger partial charge >= 0.3 is 0 Å². The highest BCUT2D eigenvalue weighted by Gasteiger charge is 2.16. The van der Waals surface area contributed by atoms with Gasteiger partial charge in [-0.3, -0.25) is 0 Å². The highest BCUT2D eigenvalue weighted by Crippen LogP contribution is 2.24. The van der Waals surface area contributed by atoms with Crippen LogP contribution in [0.4, 0.5) is 0 Å². The first kappa shape index (κ1) is 11.7. The van der Waals surface area contributed by atoms with E-state index < -0.39 is 0 Å². The molecule has 3 aromatic rings. The fraction of sp³-hybridized carbons (Fsp3) is 0.250. The van der Waals surface area contributed by atoms with Gasteiger partial charge in [0.15, 0.2) is 5.76 Å². The minimum absolute atomic E-state index is 0.363. The van der Waals surface area contributed by atoms with Crippen LogP contribution >= 0.6 is 0 Å². The minimum Gasteiger partial charge on any atom is -0.461 e. The molecule has 3 aromatic heterocycles. The number of nitrogens with zero attached hydrogens (tertiary/aromatic N) is 4. The summed E-state index contributed by atoms with van der Waals surface area (Å²) in [6.07, 6.45) is 5.10. The van der Waals surface area contributed by atoms with Crippen molar-refractivity contribution in [3.63, 3.8) is 0 Å². The fourth-order valence-electron chi connectivity index (χ4n) is 1.76. The van der Waals surface area contributed by atoms with E-state index in [4.69, 9.17) is 14.7 Å². The Labute approximate surface area is 109 Å². The summed E-state index contributed by atoms with van der Waals surface area (Å²) < 4.78 is 12.4. The van der Waals surface area contributed by atoms with E-state index in [1.54, 1.807) is 12.6 Å². The molecule has 0 aromatic carbocycles. The van der Waals surface area contributed by atoms with Gasteiger partial charge in [0, 0.05) is 19.3 Å². The summed E-state index contributed by atoms with van der Waals surface area (Å²) in [6, 6.07) is 1.85. The standard InChI is InChI=1S/C12H13N5O2/c1-8-2-5-18-10(8)11-15-12(19-16-11)9-6-17(4-3-13)7-14-9/h2,5-7H,3-4,13H2,1H3. The van der Waals surface area contributed by atoms with Gasteiger partial charge in [0.05, 0.1) is 12.6 Å². The Morgan fingerprint density at radius 2 is 2.32 bits per heavy atom. The Balaban J connectivity index is 1.90. The second-order valence-electron chi connectivity index (χ2n) is 4.14. The van der Waals surface area contributed by atoms with E-state index in [-0.39, 0.29) is 0 Å². The van der Waals surface area contributed by atoms with E-state index in [0.717, 1.165) is 5.56 Å². The molecule has 0 spiro atoms. The number of rotatable bonds is 4. The van der Waals surface area contributed by atoms with Crippen molar-refractivity contribution < 1.29 is 8.94 Å². The average molecular weight is 259 g/mol. The Morgan fingerprint density at radius 1 is 1.42 bits per heavy atom. The highest BCUT2D eigenvalue weighted by atomic mass is 16.5. The smallest absolute Gasteiger partial charge is 0.278 e. The molecule has 0 aliphatic heterocycles. The molecule has 2 N–H and O–H groups in total. The van der Waals surface area contributed by atoms with Crippen LogP contribution in [0.15, 0.2) is 33.8 Å². The van der Waals surface area contributed by atoms with Crippen molar-refractivity contribution in [3.8, 4) is 23.2 Å². The van der Waals surface area contributed by atoms with Crippen LogP contribution in [-0.4, -0.2) is 26.2 Å². The van der Waals surface area contributed by atoms with E-state index in [0.29, 0.717) is 36.3 Å². The molecule has 3 heterocycles. The Kier molecular flexibility index (Phi) is 2.88. The lowest BCUT2D eigenvalue weighted by Gasteiger charge is -1.94. The maximum atomic E-state index is 5.48. The molecule has 0 atom stereocenters. The number of aryl methyl sites for hydroxylation is 1. The van der Waals surface area contributed by atoms with Crippen LogP contribution in [0.2, 0.25) is 0 Å². The lowest BCUT2D eigenvalue weighted by atomic mass is 10.3. The van der Waals surface area contributed by atoms with Gasteiger partial charge in [-0.15, -0.1) is 0 Å². The minimum atomic E-state index is 0.363. The van der Waals surface area contributed by atoms with E-state index in [2.05, 4.69) is 15.1 Å². The lowest BCUT2D eigenvalue weighted by Crippen LogP contribution is -2.07. The second-order valence-corrected chi connectivity index (χ2v) is 4.14. The van der Waals surface area contributed by atoms with E-state index in [1.807, 2.05) is 23.8 Å². The molecule has 0 saturated heterocycles. The Bertz CT molecular complexity index is 682. The highest BCUT2D eigenvalue weighted by molar-refractivity contribution is 5.55. The lowest BCUT2D eigenvalue weighted by molar-refractivity contribution is 0.428. The maximum Gasteiger partial charge on any atom is 0.278 e. The summed E-state index contributed by atoms with van der Waals surface area (Å²) in [6.45, 7) is 3.17. The van der Waals surface area contributed by atoms with Crippen molar-refractivity contribution in [1.29, 1.82) is 0 Å². The van der Waals surface area contributed by atoms with Gasteiger partial charge in [-0.25, -0.2) is 4.98 Å². The molecule has 0 aliphatic rings. The van der Waals surface area contributed by atoms with Gasteiger partial charge in [-0.2, -0.15) is 4.98 Å². The zero-order valence-corrected chi connectivity index (χ0v) is 10.4. The number of hydrogen-bond donors (Lipinski definition) is 1. The van der Waals surface area contributed by atoms with Crippen LogP contribution in [0, 0.1) is 6.92 Å². The average Bonchev–Trinajstić information content (AvgIpc) is 3.08. The molecule has 0 fully saturated rings. The molecule has 0 saturated carbocycles. The first-order valence-electron chi connectivity index (χ1n) is 5.88. The molecular formula is C12H13N5O2. The number of furan rings is 1. The van der Waals surface area contributed by atoms with Crippen LogP contribution in [0.5, 0.6) is 0 Å². The van der Waals surface area contributed by atoms with E-state index in [1.165, 1.54) is 0 Å². The van der Waals surface area contributed by atoms with Crippen molar-refractivity contribution in [2.24, 2.45) is 5.73 Å². The molecule has 7 heteroatoms. The number of hydrogen-bond acceptors (Lipinski definition) is 6. The number of aromatic nitrogens is 4. The number of imidazole rings is 1. The first-order valence-corrected chi connectivity index (χ1v) is 5.88. The maximum absolute atomic E-state index is 5.48. The first-order chi connectivity index (χ1) is 9.28. The normalized spacial score (nSPS) is 11.1. The van der Waals surface area contributed by atoms with E-state index >= 15 is 0 Å². The summed E-state index contributed by atoms with van der Waals surface area (Å²) in [7, 11) is 0. The summed E-state index contributed by atoms with van der Waals surface area (Å²) in [5.41, 5.74) is 7.06. The second kappa shape index (κ2) is 4.69. The summed E-state index contributed by atoms with van der Waals surface area (Å²) >= 11 is 0. The Morgan fingerprint density at radius 3 is 3.05 bits per heavy atom. The summed E-state index contributed by atoms with van der Waals surface area (Å²) in [4.78, 5) is 8.48. The predicted octanol–water partition coefficient (Wildman–Crippen LogP) is 1.46. The van der Waals surface area contributed by atoms with Crippen molar-refractivity contribution >= 4 is 0 Å². The quantitative estimate of drug-likeness (QED) is 0.762. The molecule has 19 heavy (non-hydrogen) atoms. The van der Waals surface area contributed by atoms with E-state index in [9.17, 15) is 0 Å². The largest absolute Gasteiger partial charge is 0.461 e. The third-order valence-electron chi connectivity index (χ3n) is 2.73. The van der Waals surface area contributed by atoms with Crippen LogP contribution < -0.4 is 5.73 Å². The molecule has 7 nitrogen and oxygen atoms in total. The van der Waals surface area contributed by atoms with Crippen molar-refractivity contribution in [2.45, 2.75) is 13.5 Å². The van der Waals surface area contributed by atoms with Crippen LogP contribution in [0.25, 0.3) is 23.2 Å². The molecule has 0 bridgehead atoms. The number of nitrogens with two attached hydrogens (primary N) is 1.